The SMILES string of the molecule is Cc1cc(OCc2c(F)cccc2F)c2nc(C)c(C(=O)Nc3ccc(CC#N)cc3)n2c1. The lowest BCUT2D eigenvalue weighted by Gasteiger charge is -2.11. The van der Waals surface area contributed by atoms with Crippen LogP contribution in [0.25, 0.3) is 5.65 Å². The van der Waals surface area contributed by atoms with E-state index in [0.29, 0.717) is 34.9 Å². The maximum Gasteiger partial charge on any atom is 0.274 e. The number of rotatable bonds is 6. The molecule has 0 aliphatic carbocycles. The lowest BCUT2D eigenvalue weighted by molar-refractivity contribution is 0.102. The Morgan fingerprint density at radius 3 is 2.52 bits per heavy atom. The van der Waals surface area contributed by atoms with Gasteiger partial charge in [0.1, 0.15) is 23.9 Å². The Bertz CT molecular complexity index is 1370. The van der Waals surface area contributed by atoms with E-state index in [1.54, 1.807) is 47.9 Å². The molecule has 4 aromatic rings. The van der Waals surface area contributed by atoms with Crippen molar-refractivity contribution in [2.45, 2.75) is 26.9 Å². The number of aryl methyl sites for hydroxylation is 2. The first kappa shape index (κ1) is 22.0. The highest BCUT2D eigenvalue weighted by Gasteiger charge is 2.20. The maximum absolute atomic E-state index is 14.0. The van der Waals surface area contributed by atoms with Gasteiger partial charge in [0.2, 0.25) is 0 Å². The molecule has 0 saturated heterocycles. The van der Waals surface area contributed by atoms with Crippen molar-refractivity contribution in [2.75, 3.05) is 5.32 Å². The van der Waals surface area contributed by atoms with Gasteiger partial charge < -0.3 is 10.1 Å². The van der Waals surface area contributed by atoms with Crippen molar-refractivity contribution in [3.8, 4) is 11.8 Å². The number of fused-ring (bicyclic) bond motifs is 1. The quantitative estimate of drug-likeness (QED) is 0.446. The number of nitrogens with one attached hydrogen (secondary N) is 1. The Labute approximate surface area is 189 Å². The third-order valence-electron chi connectivity index (χ3n) is 5.14. The number of carbonyl (C=O) groups excluding carboxylic acids is 1. The number of benzene rings is 2. The number of halogens is 2. The topological polar surface area (TPSA) is 79.4 Å². The zero-order chi connectivity index (χ0) is 23.5. The maximum atomic E-state index is 14.0. The number of hydrogen-bond donors (Lipinski definition) is 1. The fraction of sp³-hybridized carbons (Fsp3) is 0.160. The molecule has 166 valence electrons. The van der Waals surface area contributed by atoms with E-state index in [2.05, 4.69) is 16.4 Å². The van der Waals surface area contributed by atoms with E-state index in [1.807, 2.05) is 6.92 Å². The summed E-state index contributed by atoms with van der Waals surface area (Å²) in [7, 11) is 0. The minimum atomic E-state index is -0.695. The second kappa shape index (κ2) is 9.09. The van der Waals surface area contributed by atoms with Crippen molar-refractivity contribution in [1.82, 2.24) is 9.38 Å². The molecule has 1 N–H and O–H groups in total. The number of nitriles is 1. The molecule has 2 aromatic heterocycles. The molecule has 0 fully saturated rings. The van der Waals surface area contributed by atoms with E-state index >= 15 is 0 Å². The lowest BCUT2D eigenvalue weighted by atomic mass is 10.1. The summed E-state index contributed by atoms with van der Waals surface area (Å²) in [6.45, 7) is 3.20. The summed E-state index contributed by atoms with van der Waals surface area (Å²) in [6, 6.07) is 14.4. The van der Waals surface area contributed by atoms with Gasteiger partial charge >= 0.3 is 0 Å². The van der Waals surface area contributed by atoms with Crippen molar-refractivity contribution in [2.24, 2.45) is 0 Å². The fourth-order valence-electron chi connectivity index (χ4n) is 3.55. The summed E-state index contributed by atoms with van der Waals surface area (Å²) >= 11 is 0. The molecular formula is C25H20F2N4O2. The van der Waals surface area contributed by atoms with E-state index in [-0.39, 0.29) is 18.1 Å². The van der Waals surface area contributed by atoms with Crippen LogP contribution in [0.3, 0.4) is 0 Å². The first-order valence-electron chi connectivity index (χ1n) is 10.2. The Morgan fingerprint density at radius 2 is 1.85 bits per heavy atom. The van der Waals surface area contributed by atoms with Crippen LogP contribution in [0.4, 0.5) is 14.5 Å². The Morgan fingerprint density at radius 1 is 1.15 bits per heavy atom. The second-order valence-electron chi connectivity index (χ2n) is 7.60. The Balaban J connectivity index is 1.64. The molecule has 0 aliphatic heterocycles. The van der Waals surface area contributed by atoms with Crippen molar-refractivity contribution in [3.05, 3.63) is 94.4 Å². The van der Waals surface area contributed by atoms with Crippen LogP contribution >= 0.6 is 0 Å². The van der Waals surface area contributed by atoms with Crippen LogP contribution in [0, 0.1) is 36.8 Å². The molecule has 4 rings (SSSR count). The van der Waals surface area contributed by atoms with Gasteiger partial charge in [-0.25, -0.2) is 13.8 Å². The first-order chi connectivity index (χ1) is 15.9. The van der Waals surface area contributed by atoms with E-state index in [0.717, 1.165) is 11.1 Å². The summed E-state index contributed by atoms with van der Waals surface area (Å²) in [5.74, 6) is -1.46. The molecule has 0 spiro atoms. The van der Waals surface area contributed by atoms with Gasteiger partial charge in [0.05, 0.1) is 23.7 Å². The number of nitrogens with zero attached hydrogens (tertiary/aromatic N) is 3. The van der Waals surface area contributed by atoms with E-state index < -0.39 is 11.6 Å². The molecule has 0 unspecified atom stereocenters. The number of carbonyl (C=O) groups is 1. The summed E-state index contributed by atoms with van der Waals surface area (Å²) in [5.41, 5.74) is 3.18. The summed E-state index contributed by atoms with van der Waals surface area (Å²) in [4.78, 5) is 17.5. The number of ether oxygens (including phenoxy) is 1. The summed E-state index contributed by atoms with van der Waals surface area (Å²) in [6.07, 6.45) is 2.04. The second-order valence-corrected chi connectivity index (χ2v) is 7.60. The highest BCUT2D eigenvalue weighted by Crippen LogP contribution is 2.26. The molecule has 8 heteroatoms. The monoisotopic (exact) mass is 446 g/mol. The standard InChI is InChI=1S/C25H20F2N4O2/c1-15-12-22(33-14-19-20(26)4-3-5-21(19)27)24-29-16(2)23(31(24)13-15)25(32)30-18-8-6-17(7-9-18)10-11-28/h3-9,12-13H,10,14H2,1-2H3,(H,30,32). The molecule has 2 aromatic carbocycles. The molecule has 2 heterocycles. The van der Waals surface area contributed by atoms with Crippen molar-refractivity contribution >= 4 is 17.2 Å². The zero-order valence-corrected chi connectivity index (χ0v) is 18.0. The molecular weight excluding hydrogens is 426 g/mol. The molecule has 33 heavy (non-hydrogen) atoms. The third kappa shape index (κ3) is 4.53. The number of imidazole rings is 1. The smallest absolute Gasteiger partial charge is 0.274 e. The van der Waals surface area contributed by atoms with Crippen LogP contribution in [-0.4, -0.2) is 15.3 Å². The van der Waals surface area contributed by atoms with E-state index in [1.165, 1.54) is 18.2 Å². The van der Waals surface area contributed by atoms with Crippen molar-refractivity contribution in [1.29, 1.82) is 5.26 Å². The number of aromatic nitrogens is 2. The molecule has 0 atom stereocenters. The van der Waals surface area contributed by atoms with Crippen LogP contribution in [0.5, 0.6) is 5.75 Å². The fourth-order valence-corrected chi connectivity index (χ4v) is 3.55. The minimum Gasteiger partial charge on any atom is -0.485 e. The molecule has 0 aliphatic rings. The largest absolute Gasteiger partial charge is 0.485 e. The summed E-state index contributed by atoms with van der Waals surface area (Å²) in [5, 5.41) is 11.6. The number of amides is 1. The highest BCUT2D eigenvalue weighted by atomic mass is 19.1. The van der Waals surface area contributed by atoms with E-state index in [9.17, 15) is 13.6 Å². The van der Waals surface area contributed by atoms with Gasteiger partial charge in [0.25, 0.3) is 5.91 Å². The minimum absolute atomic E-state index is 0.182. The van der Waals surface area contributed by atoms with Gasteiger partial charge in [-0.05, 0) is 55.3 Å². The molecule has 0 bridgehead atoms. The molecule has 0 saturated carbocycles. The van der Waals surface area contributed by atoms with Gasteiger partial charge in [-0.3, -0.25) is 9.20 Å². The van der Waals surface area contributed by atoms with Gasteiger partial charge in [-0.1, -0.05) is 18.2 Å². The van der Waals surface area contributed by atoms with Gasteiger partial charge in [0, 0.05) is 11.9 Å². The number of pyridine rings is 1. The van der Waals surface area contributed by atoms with Crippen LogP contribution in [0.1, 0.15) is 32.9 Å². The Hall–Kier alpha value is -4.25. The van der Waals surface area contributed by atoms with Crippen LogP contribution < -0.4 is 10.1 Å². The van der Waals surface area contributed by atoms with E-state index in [4.69, 9.17) is 10.00 Å². The average molecular weight is 446 g/mol. The van der Waals surface area contributed by atoms with Gasteiger partial charge in [0.15, 0.2) is 11.4 Å². The number of hydrogen-bond acceptors (Lipinski definition) is 4. The van der Waals surface area contributed by atoms with Crippen molar-refractivity contribution in [3.63, 3.8) is 0 Å². The number of anilines is 1. The normalized spacial score (nSPS) is 10.8. The van der Waals surface area contributed by atoms with Crippen LogP contribution in [-0.2, 0) is 13.0 Å². The van der Waals surface area contributed by atoms with Gasteiger partial charge in [-0.2, -0.15) is 5.26 Å². The van der Waals surface area contributed by atoms with Crippen LogP contribution in [0.2, 0.25) is 0 Å². The molecule has 1 amide bonds. The first-order valence-corrected chi connectivity index (χ1v) is 10.2. The third-order valence-corrected chi connectivity index (χ3v) is 5.14. The Kier molecular flexibility index (Phi) is 6.05. The lowest BCUT2D eigenvalue weighted by Crippen LogP contribution is -2.16. The van der Waals surface area contributed by atoms with Gasteiger partial charge in [-0.15, -0.1) is 0 Å². The average Bonchev–Trinajstić information content (AvgIpc) is 3.10. The van der Waals surface area contributed by atoms with Crippen LogP contribution in [0.15, 0.2) is 54.7 Å². The predicted molar refractivity (Wildman–Crippen MR) is 119 cm³/mol. The molecule has 6 nitrogen and oxygen atoms in total. The summed E-state index contributed by atoms with van der Waals surface area (Å²) < 4.78 is 35.3. The highest BCUT2D eigenvalue weighted by molar-refractivity contribution is 6.04. The zero-order valence-electron chi connectivity index (χ0n) is 18.0. The van der Waals surface area contributed by atoms with Crippen molar-refractivity contribution < 1.29 is 18.3 Å². The predicted octanol–water partition coefficient (Wildman–Crippen LogP) is 5.13. The molecule has 0 radical (unpaired) electrons.